The van der Waals surface area contributed by atoms with Crippen molar-refractivity contribution < 1.29 is 9.59 Å². The monoisotopic (exact) mass is 218 g/mol. The number of hydrogen-bond donors (Lipinski definition) is 2. The highest BCUT2D eigenvalue weighted by atomic mass is 28.4. The lowest BCUT2D eigenvalue weighted by atomic mass is 11.5. The van der Waals surface area contributed by atoms with Crippen molar-refractivity contribution in [3.63, 3.8) is 0 Å². The Kier molecular flexibility index (Phi) is 4.35. The van der Waals surface area contributed by atoms with Crippen molar-refractivity contribution in [1.29, 1.82) is 0 Å². The molecule has 76 valence electrons. The highest BCUT2D eigenvalue weighted by Gasteiger charge is 2.32. The first-order valence-electron chi connectivity index (χ1n) is 4.26. The van der Waals surface area contributed by atoms with Gasteiger partial charge in [-0.1, -0.05) is 26.2 Å². The van der Waals surface area contributed by atoms with E-state index in [0.29, 0.717) is 0 Å². The fraction of sp³-hybridized carbons (Fsp3) is 0.714. The minimum atomic E-state index is -1.65. The quantitative estimate of drug-likeness (QED) is 0.502. The molecule has 4 nitrogen and oxygen atoms in total. The van der Waals surface area contributed by atoms with Crippen molar-refractivity contribution in [1.82, 2.24) is 9.96 Å². The number of nitrogens with one attached hydrogen (secondary N) is 2. The van der Waals surface area contributed by atoms with Crippen LogP contribution in [0.1, 0.15) is 0 Å². The van der Waals surface area contributed by atoms with Crippen LogP contribution < -0.4 is 9.96 Å². The van der Waals surface area contributed by atoms with E-state index in [-0.39, 0.29) is 0 Å². The Balaban J connectivity index is 4.22. The Bertz CT molecular complexity index is 175. The molecule has 13 heavy (non-hydrogen) atoms. The Morgan fingerprint density at radius 1 is 0.923 bits per heavy atom. The van der Waals surface area contributed by atoms with E-state index in [2.05, 4.69) is 36.2 Å². The molecule has 0 unspecified atom stereocenters. The highest BCUT2D eigenvalue weighted by molar-refractivity contribution is 6.94. The lowest BCUT2D eigenvalue weighted by molar-refractivity contribution is -0.109. The molecule has 0 heterocycles. The van der Waals surface area contributed by atoms with E-state index in [0.717, 1.165) is 18.5 Å². The van der Waals surface area contributed by atoms with E-state index < -0.39 is 16.5 Å². The summed E-state index contributed by atoms with van der Waals surface area (Å²) >= 11 is 0. The molecule has 6 heteroatoms. The molecule has 0 radical (unpaired) electrons. The summed E-state index contributed by atoms with van der Waals surface area (Å²) in [7, 11) is -3.31. The molecule has 0 aliphatic carbocycles. The van der Waals surface area contributed by atoms with E-state index in [1.54, 1.807) is 0 Å². The number of carbonyl (C=O) groups is 2. The molecule has 0 aliphatic rings. The molecule has 0 aromatic heterocycles. The van der Waals surface area contributed by atoms with Crippen LogP contribution in [-0.4, -0.2) is 29.3 Å². The number of carbonyl (C=O) groups excluding carboxylic acids is 2. The predicted octanol–water partition coefficient (Wildman–Crippen LogP) is 0.428. The summed E-state index contributed by atoms with van der Waals surface area (Å²) < 4.78 is 0. The summed E-state index contributed by atoms with van der Waals surface area (Å²) in [4.78, 5) is 26.4. The first kappa shape index (κ1) is 12.4. The molecule has 0 saturated carbocycles. The normalized spacial score (nSPS) is 12.0. The minimum absolute atomic E-state index is 0.762. The van der Waals surface area contributed by atoms with Gasteiger partial charge in [0, 0.05) is 0 Å². The molecule has 0 aromatic carbocycles. The van der Waals surface area contributed by atoms with Crippen molar-refractivity contribution in [2.75, 3.05) is 0 Å². The summed E-state index contributed by atoms with van der Waals surface area (Å²) in [6.45, 7) is 8.34. The summed E-state index contributed by atoms with van der Waals surface area (Å²) in [5.41, 5.74) is 0.956. The molecule has 0 spiro atoms. The second-order valence-corrected chi connectivity index (χ2v) is 14.0. The molecule has 0 bridgehead atoms. The van der Waals surface area contributed by atoms with Crippen molar-refractivity contribution in [2.45, 2.75) is 31.9 Å². The van der Waals surface area contributed by atoms with Crippen LogP contribution in [0.5, 0.6) is 0 Å². The molecule has 0 saturated heterocycles. The summed E-state index contributed by atoms with van der Waals surface area (Å²) in [6, 6.07) is 0. The van der Waals surface area contributed by atoms with Crippen LogP contribution in [0.4, 0.5) is 0 Å². The van der Waals surface area contributed by atoms with Crippen LogP contribution in [0.2, 0.25) is 31.9 Å². The fourth-order valence-corrected chi connectivity index (χ4v) is 11.8. The Morgan fingerprint density at radius 2 is 1.23 bits per heavy atom. The van der Waals surface area contributed by atoms with Gasteiger partial charge < -0.3 is 9.96 Å². The topological polar surface area (TPSA) is 58.2 Å². The molecule has 0 rings (SSSR count). The molecular formula is C7H18N2O2Si2. The molecule has 0 fully saturated rings. The SMILES string of the molecule is C[Si](C)(C[Si](C)(C)NC=O)NC=O. The number of rotatable bonds is 6. The predicted molar refractivity (Wildman–Crippen MR) is 58.2 cm³/mol. The van der Waals surface area contributed by atoms with Crippen LogP contribution in [0, 0.1) is 0 Å². The van der Waals surface area contributed by atoms with Gasteiger partial charge in [0.2, 0.25) is 0 Å². The van der Waals surface area contributed by atoms with Crippen LogP contribution in [0.3, 0.4) is 0 Å². The lowest BCUT2D eigenvalue weighted by Gasteiger charge is -2.30. The average molecular weight is 218 g/mol. The third-order valence-corrected chi connectivity index (χ3v) is 10.7. The van der Waals surface area contributed by atoms with E-state index in [1.807, 2.05) is 0 Å². The molecule has 2 N–H and O–H groups in total. The van der Waals surface area contributed by atoms with Gasteiger partial charge in [0.15, 0.2) is 12.8 Å². The number of amides is 2. The Labute approximate surface area is 81.3 Å². The van der Waals surface area contributed by atoms with Crippen LogP contribution in [-0.2, 0) is 9.59 Å². The van der Waals surface area contributed by atoms with E-state index in [4.69, 9.17) is 0 Å². The van der Waals surface area contributed by atoms with Crippen molar-refractivity contribution in [2.24, 2.45) is 0 Å². The average Bonchev–Trinajstić information content (AvgIpc) is 1.82. The molecular weight excluding hydrogens is 200 g/mol. The molecule has 2 amide bonds. The maximum Gasteiger partial charge on any atom is 0.199 e. The van der Waals surface area contributed by atoms with Gasteiger partial charge in [-0.05, 0) is 5.67 Å². The first-order valence-corrected chi connectivity index (χ1v) is 10.7. The minimum Gasteiger partial charge on any atom is -0.385 e. The van der Waals surface area contributed by atoms with Gasteiger partial charge in [0.05, 0.1) is 0 Å². The third-order valence-electron chi connectivity index (χ3n) is 1.78. The Morgan fingerprint density at radius 3 is 1.46 bits per heavy atom. The van der Waals surface area contributed by atoms with Crippen LogP contribution in [0.15, 0.2) is 0 Å². The Hall–Kier alpha value is -0.626. The molecule has 0 aliphatic heterocycles. The summed E-state index contributed by atoms with van der Waals surface area (Å²) in [5, 5.41) is 0. The first-order chi connectivity index (χ1) is 5.83. The van der Waals surface area contributed by atoms with Gasteiger partial charge in [-0.15, -0.1) is 0 Å². The fourth-order valence-electron chi connectivity index (χ4n) is 1.53. The zero-order valence-electron chi connectivity index (χ0n) is 8.68. The third kappa shape index (κ3) is 5.59. The summed E-state index contributed by atoms with van der Waals surface area (Å²) in [5.74, 6) is 0. The van der Waals surface area contributed by atoms with Gasteiger partial charge in [0.1, 0.15) is 16.5 Å². The van der Waals surface area contributed by atoms with Crippen molar-refractivity contribution >= 4 is 29.3 Å². The van der Waals surface area contributed by atoms with Crippen LogP contribution >= 0.6 is 0 Å². The second-order valence-electron chi connectivity index (χ2n) is 4.47. The van der Waals surface area contributed by atoms with Gasteiger partial charge in [0.25, 0.3) is 0 Å². The lowest BCUT2D eigenvalue weighted by Crippen LogP contribution is -2.56. The van der Waals surface area contributed by atoms with Crippen LogP contribution in [0.25, 0.3) is 0 Å². The number of hydrogen-bond acceptors (Lipinski definition) is 2. The van der Waals surface area contributed by atoms with Gasteiger partial charge >= 0.3 is 0 Å². The largest absolute Gasteiger partial charge is 0.385 e. The zero-order valence-corrected chi connectivity index (χ0v) is 10.7. The van der Waals surface area contributed by atoms with E-state index in [9.17, 15) is 9.59 Å². The summed E-state index contributed by atoms with van der Waals surface area (Å²) in [6.07, 6.45) is 1.52. The smallest absolute Gasteiger partial charge is 0.199 e. The second kappa shape index (κ2) is 4.57. The zero-order chi connectivity index (χ0) is 10.5. The van der Waals surface area contributed by atoms with Gasteiger partial charge in [-0.2, -0.15) is 0 Å². The van der Waals surface area contributed by atoms with E-state index in [1.165, 1.54) is 0 Å². The standard InChI is InChI=1S/C7H18N2O2Si2/c1-12(2,8-5-10)7-13(3,4)9-6-11/h5-6H,7H2,1-4H3,(H,8,10)(H,9,11). The van der Waals surface area contributed by atoms with Crippen molar-refractivity contribution in [3.8, 4) is 0 Å². The van der Waals surface area contributed by atoms with Gasteiger partial charge in [-0.25, -0.2) is 0 Å². The maximum atomic E-state index is 10.3. The van der Waals surface area contributed by atoms with E-state index >= 15 is 0 Å². The van der Waals surface area contributed by atoms with Crippen molar-refractivity contribution in [3.05, 3.63) is 0 Å². The molecule has 0 atom stereocenters. The van der Waals surface area contributed by atoms with Gasteiger partial charge in [-0.3, -0.25) is 9.59 Å². The molecule has 0 aromatic rings. The maximum absolute atomic E-state index is 10.3. The highest BCUT2D eigenvalue weighted by Crippen LogP contribution is 2.13.